The fraction of sp³-hybridized carbons (Fsp3) is 0.200. The molecule has 0 spiro atoms. The molecule has 2 N–H and O–H groups in total. The molecule has 0 aliphatic carbocycles. The highest BCUT2D eigenvalue weighted by molar-refractivity contribution is 9.11. The van der Waals surface area contributed by atoms with Crippen LogP contribution in [0.2, 0.25) is 0 Å². The number of rotatable bonds is 4. The zero-order valence-corrected chi connectivity index (χ0v) is 14.7. The number of para-hydroxylation sites is 1. The van der Waals surface area contributed by atoms with Crippen molar-refractivity contribution >= 4 is 56.5 Å². The third-order valence-corrected chi connectivity index (χ3v) is 6.06. The largest absolute Gasteiger partial charge is 0.351 e. The first-order valence-corrected chi connectivity index (χ1v) is 9.18. The van der Waals surface area contributed by atoms with E-state index < -0.39 is 0 Å². The summed E-state index contributed by atoms with van der Waals surface area (Å²) in [7, 11) is 0. The number of thiophene rings is 1. The molecule has 1 aliphatic heterocycles. The number of carbonyl (C=O) groups excluding carboxylic acids is 2. The van der Waals surface area contributed by atoms with Crippen LogP contribution in [0.5, 0.6) is 0 Å². The maximum Gasteiger partial charge on any atom is 0.238 e. The van der Waals surface area contributed by atoms with Gasteiger partial charge in [0.1, 0.15) is 0 Å². The second kappa shape index (κ2) is 6.85. The quantitative estimate of drug-likeness (QED) is 0.829. The smallest absolute Gasteiger partial charge is 0.238 e. The molecule has 2 aromatic rings. The Hall–Kier alpha value is -1.31. The van der Waals surface area contributed by atoms with E-state index in [2.05, 4.69) is 26.6 Å². The van der Waals surface area contributed by atoms with Gasteiger partial charge < -0.3 is 10.6 Å². The molecule has 0 bridgehead atoms. The van der Waals surface area contributed by atoms with Crippen LogP contribution in [0.15, 0.2) is 45.1 Å². The van der Waals surface area contributed by atoms with Crippen molar-refractivity contribution in [3.63, 3.8) is 0 Å². The molecular formula is C15H13BrN2O2S2. The summed E-state index contributed by atoms with van der Waals surface area (Å²) in [5, 5.41) is 5.33. The molecule has 1 aromatic heterocycles. The number of thioether (sulfide) groups is 1. The Morgan fingerprint density at radius 3 is 2.86 bits per heavy atom. The van der Waals surface area contributed by atoms with Crippen molar-refractivity contribution in [3.8, 4) is 0 Å². The van der Waals surface area contributed by atoms with Crippen LogP contribution in [-0.2, 0) is 16.1 Å². The van der Waals surface area contributed by atoms with Gasteiger partial charge in [0.05, 0.1) is 21.3 Å². The Morgan fingerprint density at radius 2 is 2.09 bits per heavy atom. The topological polar surface area (TPSA) is 58.2 Å². The number of anilines is 1. The summed E-state index contributed by atoms with van der Waals surface area (Å²) < 4.78 is 1.04. The van der Waals surface area contributed by atoms with Crippen molar-refractivity contribution in [2.45, 2.75) is 23.1 Å². The highest BCUT2D eigenvalue weighted by atomic mass is 79.9. The summed E-state index contributed by atoms with van der Waals surface area (Å²) in [4.78, 5) is 26.2. The number of carbonyl (C=O) groups is 2. The monoisotopic (exact) mass is 396 g/mol. The number of hydrogen-bond donors (Lipinski definition) is 2. The van der Waals surface area contributed by atoms with Gasteiger partial charge in [0, 0.05) is 16.2 Å². The lowest BCUT2D eigenvalue weighted by Gasteiger charge is -2.23. The van der Waals surface area contributed by atoms with Crippen LogP contribution in [-0.4, -0.2) is 17.1 Å². The van der Waals surface area contributed by atoms with E-state index in [0.717, 1.165) is 19.2 Å². The zero-order valence-electron chi connectivity index (χ0n) is 11.5. The molecule has 0 fully saturated rings. The highest BCUT2D eigenvalue weighted by Gasteiger charge is 2.28. The molecule has 0 saturated heterocycles. The molecule has 114 valence electrons. The molecule has 1 atom stereocenters. The third kappa shape index (κ3) is 3.71. The number of fused-ring (bicyclic) bond motifs is 1. The molecule has 1 aliphatic rings. The fourth-order valence-corrected chi connectivity index (χ4v) is 4.63. The molecule has 3 rings (SSSR count). The maximum atomic E-state index is 12.1. The first-order valence-electron chi connectivity index (χ1n) is 6.69. The van der Waals surface area contributed by atoms with E-state index in [1.807, 2.05) is 36.4 Å². The van der Waals surface area contributed by atoms with Gasteiger partial charge in [0.25, 0.3) is 0 Å². The highest BCUT2D eigenvalue weighted by Crippen LogP contribution is 2.36. The van der Waals surface area contributed by atoms with E-state index in [9.17, 15) is 9.59 Å². The molecule has 2 heterocycles. The second-order valence-corrected chi connectivity index (χ2v) is 8.57. The third-order valence-electron chi connectivity index (χ3n) is 3.17. The number of nitrogens with one attached hydrogen (secondary N) is 2. The first-order chi connectivity index (χ1) is 10.6. The minimum Gasteiger partial charge on any atom is -0.351 e. The van der Waals surface area contributed by atoms with Crippen LogP contribution >= 0.6 is 39.0 Å². The number of amides is 2. The number of hydrogen-bond acceptors (Lipinski definition) is 4. The van der Waals surface area contributed by atoms with Gasteiger partial charge >= 0.3 is 0 Å². The molecule has 4 nitrogen and oxygen atoms in total. The van der Waals surface area contributed by atoms with E-state index in [0.29, 0.717) is 6.54 Å². The van der Waals surface area contributed by atoms with Crippen LogP contribution in [0.1, 0.15) is 11.3 Å². The Balaban J connectivity index is 1.56. The zero-order chi connectivity index (χ0) is 15.5. The van der Waals surface area contributed by atoms with Crippen LogP contribution in [0.4, 0.5) is 5.69 Å². The van der Waals surface area contributed by atoms with Gasteiger partial charge in [-0.2, -0.15) is 0 Å². The predicted octanol–water partition coefficient (Wildman–Crippen LogP) is 3.63. The van der Waals surface area contributed by atoms with Gasteiger partial charge in [-0.3, -0.25) is 9.59 Å². The van der Waals surface area contributed by atoms with Gasteiger partial charge in [0.15, 0.2) is 0 Å². The summed E-state index contributed by atoms with van der Waals surface area (Å²) in [6.07, 6.45) is 0.178. The first kappa shape index (κ1) is 15.6. The fourth-order valence-electron chi connectivity index (χ4n) is 2.10. The van der Waals surface area contributed by atoms with Crippen LogP contribution < -0.4 is 10.6 Å². The molecule has 1 aromatic carbocycles. The van der Waals surface area contributed by atoms with Gasteiger partial charge in [-0.25, -0.2) is 0 Å². The summed E-state index contributed by atoms with van der Waals surface area (Å²) in [6.45, 7) is 0.491. The van der Waals surface area contributed by atoms with Crippen molar-refractivity contribution < 1.29 is 9.59 Å². The van der Waals surface area contributed by atoms with Crippen molar-refractivity contribution in [1.29, 1.82) is 0 Å². The standard InChI is InChI=1S/C15H13BrN2O2S2/c16-13-6-5-9(21-13)8-17-14(19)7-12-15(20)18-10-3-1-2-4-11(10)22-12/h1-6,12H,7-8H2,(H,17,19)(H,18,20). The maximum absolute atomic E-state index is 12.1. The summed E-state index contributed by atoms with van der Waals surface area (Å²) in [5.41, 5.74) is 0.817. The predicted molar refractivity (Wildman–Crippen MR) is 93.2 cm³/mol. The molecule has 1 unspecified atom stereocenters. The van der Waals surface area contributed by atoms with Crippen LogP contribution in [0, 0.1) is 0 Å². The van der Waals surface area contributed by atoms with Crippen molar-refractivity contribution in [3.05, 3.63) is 45.1 Å². The Kier molecular flexibility index (Phi) is 4.85. The number of benzene rings is 1. The van der Waals surface area contributed by atoms with E-state index in [4.69, 9.17) is 0 Å². The SMILES string of the molecule is O=C(CC1Sc2ccccc2NC1=O)NCc1ccc(Br)s1. The van der Waals surface area contributed by atoms with Crippen molar-refractivity contribution in [2.24, 2.45) is 0 Å². The van der Waals surface area contributed by atoms with Crippen LogP contribution in [0.3, 0.4) is 0 Å². The van der Waals surface area contributed by atoms with E-state index in [-0.39, 0.29) is 23.5 Å². The van der Waals surface area contributed by atoms with Gasteiger partial charge in [-0.05, 0) is 40.2 Å². The molecular weight excluding hydrogens is 384 g/mol. The van der Waals surface area contributed by atoms with E-state index in [1.54, 1.807) is 11.3 Å². The van der Waals surface area contributed by atoms with Crippen molar-refractivity contribution in [1.82, 2.24) is 5.32 Å². The second-order valence-electron chi connectivity index (χ2n) is 4.78. The Morgan fingerprint density at radius 1 is 1.27 bits per heavy atom. The average molecular weight is 397 g/mol. The van der Waals surface area contributed by atoms with Crippen molar-refractivity contribution in [2.75, 3.05) is 5.32 Å². The lowest BCUT2D eigenvalue weighted by Crippen LogP contribution is -2.34. The van der Waals surface area contributed by atoms with Gasteiger partial charge in [-0.1, -0.05) is 12.1 Å². The summed E-state index contributed by atoms with van der Waals surface area (Å²) >= 11 is 6.42. The average Bonchev–Trinajstić information content (AvgIpc) is 2.91. The summed E-state index contributed by atoms with van der Waals surface area (Å²) in [5.74, 6) is -0.228. The van der Waals surface area contributed by atoms with Gasteiger partial charge in [-0.15, -0.1) is 23.1 Å². The van der Waals surface area contributed by atoms with Crippen LogP contribution in [0.25, 0.3) is 0 Å². The minimum atomic E-state index is -0.384. The Bertz CT molecular complexity index is 717. The van der Waals surface area contributed by atoms with Gasteiger partial charge in [0.2, 0.25) is 11.8 Å². The number of halogens is 1. The minimum absolute atomic E-state index is 0.113. The molecule has 0 radical (unpaired) electrons. The molecule has 22 heavy (non-hydrogen) atoms. The van der Waals surface area contributed by atoms with E-state index in [1.165, 1.54) is 11.8 Å². The summed E-state index contributed by atoms with van der Waals surface area (Å²) in [6, 6.07) is 11.5. The molecule has 0 saturated carbocycles. The van der Waals surface area contributed by atoms with E-state index >= 15 is 0 Å². The molecule has 7 heteroatoms. The lowest BCUT2D eigenvalue weighted by atomic mass is 10.2. The molecule has 2 amide bonds. The lowest BCUT2D eigenvalue weighted by molar-refractivity contribution is -0.124. The normalized spacial score (nSPS) is 16.8. The Labute approximate surface area is 144 Å².